The molecule has 1 saturated heterocycles. The van der Waals surface area contributed by atoms with Crippen LogP contribution >= 0.6 is 0 Å². The van der Waals surface area contributed by atoms with E-state index in [4.69, 9.17) is 0 Å². The number of amides is 3. The van der Waals surface area contributed by atoms with E-state index < -0.39 is 6.04 Å². The predicted molar refractivity (Wildman–Crippen MR) is 131 cm³/mol. The third kappa shape index (κ3) is 4.65. The highest BCUT2D eigenvalue weighted by Crippen LogP contribution is 2.22. The largest absolute Gasteiger partial charge is 0.340 e. The standard InChI is InChI=1S/C27H28N4O3/c32-25(13-12-24-27(34)28-23-11-4-3-10-22(23)26(33)29-24)31-16-14-30(15-17-31)18-20-8-5-7-19-6-1-2-9-21(19)20/h1-11,24H,12-18H2,(H,28,34)(H,29,33). The first-order chi connectivity index (χ1) is 16.6. The quantitative estimate of drug-likeness (QED) is 0.619. The SMILES string of the molecule is O=C1NC(CCC(=O)N2CCN(Cc3cccc4ccccc34)CC2)C(=O)Nc2ccccc21. The number of rotatable bonds is 5. The molecule has 0 aromatic heterocycles. The Morgan fingerprint density at radius 2 is 1.62 bits per heavy atom. The van der Waals surface area contributed by atoms with Gasteiger partial charge in [0.1, 0.15) is 6.04 Å². The molecule has 3 aromatic rings. The summed E-state index contributed by atoms with van der Waals surface area (Å²) in [5, 5.41) is 8.07. The van der Waals surface area contributed by atoms with Crippen molar-refractivity contribution in [1.29, 1.82) is 0 Å². The molecular formula is C27H28N4O3. The van der Waals surface area contributed by atoms with E-state index in [0.717, 1.165) is 19.6 Å². The van der Waals surface area contributed by atoms with E-state index in [0.29, 0.717) is 24.3 Å². The zero-order chi connectivity index (χ0) is 23.5. The summed E-state index contributed by atoms with van der Waals surface area (Å²) in [6.45, 7) is 3.81. The van der Waals surface area contributed by atoms with Gasteiger partial charge in [-0.2, -0.15) is 0 Å². The molecule has 34 heavy (non-hydrogen) atoms. The summed E-state index contributed by atoms with van der Waals surface area (Å²) in [6, 6.07) is 21.0. The van der Waals surface area contributed by atoms with Gasteiger partial charge in [0.05, 0.1) is 11.3 Å². The molecule has 174 valence electrons. The molecule has 0 radical (unpaired) electrons. The molecule has 1 unspecified atom stereocenters. The Kier molecular flexibility index (Phi) is 6.27. The summed E-state index contributed by atoms with van der Waals surface area (Å²) >= 11 is 0. The fraction of sp³-hybridized carbons (Fsp3) is 0.296. The van der Waals surface area contributed by atoms with Gasteiger partial charge in [0.15, 0.2) is 0 Å². The maximum atomic E-state index is 12.8. The number of nitrogens with zero attached hydrogens (tertiary/aromatic N) is 2. The van der Waals surface area contributed by atoms with Gasteiger partial charge in [0.25, 0.3) is 5.91 Å². The molecule has 0 saturated carbocycles. The fourth-order valence-corrected chi connectivity index (χ4v) is 4.77. The molecule has 2 aliphatic heterocycles. The van der Waals surface area contributed by atoms with Crippen molar-refractivity contribution in [3.8, 4) is 0 Å². The fourth-order valence-electron chi connectivity index (χ4n) is 4.77. The molecule has 3 aromatic carbocycles. The molecule has 1 atom stereocenters. The van der Waals surface area contributed by atoms with Gasteiger partial charge in [-0.3, -0.25) is 19.3 Å². The first kappa shape index (κ1) is 22.1. The molecule has 1 fully saturated rings. The van der Waals surface area contributed by atoms with Crippen LogP contribution in [0.2, 0.25) is 0 Å². The van der Waals surface area contributed by atoms with Crippen LogP contribution in [0.3, 0.4) is 0 Å². The Morgan fingerprint density at radius 1 is 0.882 bits per heavy atom. The van der Waals surface area contributed by atoms with Crippen LogP contribution in [0, 0.1) is 0 Å². The maximum Gasteiger partial charge on any atom is 0.254 e. The first-order valence-corrected chi connectivity index (χ1v) is 11.8. The summed E-state index contributed by atoms with van der Waals surface area (Å²) < 4.78 is 0. The third-order valence-corrected chi connectivity index (χ3v) is 6.70. The molecule has 5 rings (SSSR count). The topological polar surface area (TPSA) is 81.8 Å². The highest BCUT2D eigenvalue weighted by molar-refractivity contribution is 6.09. The summed E-state index contributed by atoms with van der Waals surface area (Å²) in [4.78, 5) is 42.1. The Bertz CT molecular complexity index is 1230. The molecule has 2 aliphatic rings. The number of carbonyl (C=O) groups excluding carboxylic acids is 3. The molecule has 0 bridgehead atoms. The molecule has 0 spiro atoms. The van der Waals surface area contributed by atoms with Crippen LogP contribution in [-0.4, -0.2) is 59.7 Å². The zero-order valence-electron chi connectivity index (χ0n) is 19.0. The summed E-state index contributed by atoms with van der Waals surface area (Å²) in [6.07, 6.45) is 0.499. The zero-order valence-corrected chi connectivity index (χ0v) is 19.0. The van der Waals surface area contributed by atoms with Gasteiger partial charge in [-0.1, -0.05) is 54.6 Å². The van der Waals surface area contributed by atoms with Crippen LogP contribution in [0.4, 0.5) is 5.69 Å². The van der Waals surface area contributed by atoms with E-state index in [1.54, 1.807) is 24.3 Å². The van der Waals surface area contributed by atoms with Crippen molar-refractivity contribution in [3.05, 3.63) is 77.9 Å². The van der Waals surface area contributed by atoms with Gasteiger partial charge in [0, 0.05) is 39.1 Å². The number of benzene rings is 3. The molecule has 2 heterocycles. The number of piperazine rings is 1. The second-order valence-electron chi connectivity index (χ2n) is 8.89. The lowest BCUT2D eigenvalue weighted by Gasteiger charge is -2.35. The number of carbonyl (C=O) groups is 3. The summed E-state index contributed by atoms with van der Waals surface area (Å²) in [5.41, 5.74) is 2.24. The van der Waals surface area contributed by atoms with Gasteiger partial charge in [-0.15, -0.1) is 0 Å². The molecule has 7 heteroatoms. The minimum atomic E-state index is -0.725. The van der Waals surface area contributed by atoms with Crippen molar-refractivity contribution in [3.63, 3.8) is 0 Å². The van der Waals surface area contributed by atoms with Crippen LogP contribution in [0.15, 0.2) is 66.7 Å². The molecule has 2 N–H and O–H groups in total. The Labute approximate surface area is 198 Å². The van der Waals surface area contributed by atoms with Crippen molar-refractivity contribution in [2.75, 3.05) is 31.5 Å². The number of hydrogen-bond donors (Lipinski definition) is 2. The Hall–Kier alpha value is -3.71. The first-order valence-electron chi connectivity index (χ1n) is 11.8. The van der Waals surface area contributed by atoms with E-state index in [-0.39, 0.29) is 30.6 Å². The van der Waals surface area contributed by atoms with Gasteiger partial charge < -0.3 is 15.5 Å². The van der Waals surface area contributed by atoms with Crippen LogP contribution in [0.1, 0.15) is 28.8 Å². The van der Waals surface area contributed by atoms with E-state index in [2.05, 4.69) is 58.0 Å². The van der Waals surface area contributed by atoms with Gasteiger partial charge in [0.2, 0.25) is 11.8 Å². The van der Waals surface area contributed by atoms with Crippen molar-refractivity contribution < 1.29 is 14.4 Å². The summed E-state index contributed by atoms with van der Waals surface area (Å²) in [7, 11) is 0. The van der Waals surface area contributed by atoms with E-state index in [1.807, 2.05) is 4.90 Å². The lowest BCUT2D eigenvalue weighted by atomic mass is 10.0. The van der Waals surface area contributed by atoms with Gasteiger partial charge in [-0.05, 0) is 34.9 Å². The van der Waals surface area contributed by atoms with Gasteiger partial charge in [-0.25, -0.2) is 0 Å². The van der Waals surface area contributed by atoms with Crippen LogP contribution in [0.5, 0.6) is 0 Å². The maximum absolute atomic E-state index is 12.8. The minimum Gasteiger partial charge on any atom is -0.340 e. The van der Waals surface area contributed by atoms with Crippen LogP contribution in [-0.2, 0) is 16.1 Å². The van der Waals surface area contributed by atoms with E-state index in [1.165, 1.54) is 16.3 Å². The average molecular weight is 457 g/mol. The number of fused-ring (bicyclic) bond motifs is 2. The average Bonchev–Trinajstić information content (AvgIpc) is 2.98. The second-order valence-corrected chi connectivity index (χ2v) is 8.89. The van der Waals surface area contributed by atoms with Crippen LogP contribution < -0.4 is 10.6 Å². The third-order valence-electron chi connectivity index (χ3n) is 6.70. The van der Waals surface area contributed by atoms with Gasteiger partial charge >= 0.3 is 0 Å². The monoisotopic (exact) mass is 456 g/mol. The minimum absolute atomic E-state index is 0.0219. The summed E-state index contributed by atoms with van der Waals surface area (Å²) in [5.74, 6) is -0.562. The second kappa shape index (κ2) is 9.65. The van der Waals surface area contributed by atoms with Crippen molar-refractivity contribution in [1.82, 2.24) is 15.1 Å². The smallest absolute Gasteiger partial charge is 0.254 e. The Morgan fingerprint density at radius 3 is 2.47 bits per heavy atom. The van der Waals surface area contributed by atoms with E-state index in [9.17, 15) is 14.4 Å². The van der Waals surface area contributed by atoms with Crippen molar-refractivity contribution in [2.24, 2.45) is 0 Å². The predicted octanol–water partition coefficient (Wildman–Crippen LogP) is 3.01. The molecular weight excluding hydrogens is 428 g/mol. The van der Waals surface area contributed by atoms with Crippen LogP contribution in [0.25, 0.3) is 10.8 Å². The highest BCUT2D eigenvalue weighted by Gasteiger charge is 2.29. The van der Waals surface area contributed by atoms with E-state index >= 15 is 0 Å². The molecule has 7 nitrogen and oxygen atoms in total. The van der Waals surface area contributed by atoms with Crippen molar-refractivity contribution in [2.45, 2.75) is 25.4 Å². The number of nitrogens with one attached hydrogen (secondary N) is 2. The Balaban J connectivity index is 1.13. The number of anilines is 1. The number of para-hydroxylation sites is 1. The lowest BCUT2D eigenvalue weighted by molar-refractivity contribution is -0.133. The normalized spacial score (nSPS) is 18.7. The highest BCUT2D eigenvalue weighted by atomic mass is 16.2. The lowest BCUT2D eigenvalue weighted by Crippen LogP contribution is -2.49. The number of hydrogen-bond acceptors (Lipinski definition) is 4. The molecule has 3 amide bonds. The van der Waals surface area contributed by atoms with Crippen molar-refractivity contribution >= 4 is 34.2 Å². The molecule has 0 aliphatic carbocycles.